The molecule has 0 saturated carbocycles. The number of fused-ring (bicyclic) bond motifs is 1. The van der Waals surface area contributed by atoms with E-state index in [1.54, 1.807) is 0 Å². The van der Waals surface area contributed by atoms with E-state index in [-0.39, 0.29) is 22.9 Å². The van der Waals surface area contributed by atoms with Crippen LogP contribution in [0.15, 0.2) is 11.1 Å². The number of aromatic amines is 1. The van der Waals surface area contributed by atoms with Gasteiger partial charge in [-0.15, -0.1) is 0 Å². The molecule has 2 aromatic rings. The molecular weight excluding hydrogens is 365 g/mol. The van der Waals surface area contributed by atoms with E-state index in [9.17, 15) is 14.5 Å². The summed E-state index contributed by atoms with van der Waals surface area (Å²) in [6.07, 6.45) is -3.63. The number of thiol groups is 1. The Kier molecular flexibility index (Phi) is 4.42. The van der Waals surface area contributed by atoms with Crippen LogP contribution in [0.5, 0.6) is 0 Å². The molecule has 0 aromatic carbocycles. The molecular formula is C10H14N5O7PS. The van der Waals surface area contributed by atoms with Crippen LogP contribution >= 0.6 is 20.5 Å². The van der Waals surface area contributed by atoms with Crippen molar-refractivity contribution < 1.29 is 28.7 Å². The Balaban J connectivity index is 2.01. The van der Waals surface area contributed by atoms with Gasteiger partial charge in [0, 0.05) is 5.75 Å². The fourth-order valence-electron chi connectivity index (χ4n) is 2.51. The fourth-order valence-corrected chi connectivity index (χ4v) is 3.39. The van der Waals surface area contributed by atoms with Crippen LogP contribution < -0.4 is 11.3 Å². The quantitative estimate of drug-likeness (QED) is 0.266. The molecule has 3 rings (SSSR count). The number of aliphatic hydroxyl groups is 1. The van der Waals surface area contributed by atoms with Gasteiger partial charge in [-0.25, -0.2) is 9.55 Å². The third-order valence-electron chi connectivity index (χ3n) is 3.47. The maximum Gasteiger partial charge on any atom is 0.470 e. The summed E-state index contributed by atoms with van der Waals surface area (Å²) in [4.78, 5) is 39.8. The zero-order valence-electron chi connectivity index (χ0n) is 11.9. The number of imidazole rings is 1. The highest BCUT2D eigenvalue weighted by atomic mass is 32.1. The number of nitrogen functional groups attached to an aromatic ring is 1. The first-order valence-electron chi connectivity index (χ1n) is 6.62. The molecule has 4 atom stereocenters. The molecule has 6 N–H and O–H groups in total. The van der Waals surface area contributed by atoms with Gasteiger partial charge in [-0.3, -0.25) is 18.9 Å². The van der Waals surface area contributed by atoms with Crippen molar-refractivity contribution in [1.29, 1.82) is 0 Å². The van der Waals surface area contributed by atoms with Crippen molar-refractivity contribution in [2.45, 2.75) is 24.5 Å². The van der Waals surface area contributed by atoms with Crippen molar-refractivity contribution in [3.8, 4) is 0 Å². The van der Waals surface area contributed by atoms with E-state index in [1.165, 1.54) is 10.9 Å². The minimum atomic E-state index is -4.86. The number of H-pyrrole nitrogens is 1. The van der Waals surface area contributed by atoms with Crippen LogP contribution in [-0.4, -0.2) is 58.5 Å². The highest BCUT2D eigenvalue weighted by molar-refractivity contribution is 7.80. The average molecular weight is 379 g/mol. The Hall–Kier alpha value is -1.47. The van der Waals surface area contributed by atoms with Crippen LogP contribution in [0.3, 0.4) is 0 Å². The molecule has 0 aliphatic carbocycles. The van der Waals surface area contributed by atoms with Crippen LogP contribution in [0.4, 0.5) is 5.95 Å². The van der Waals surface area contributed by atoms with E-state index < -0.39 is 37.9 Å². The first-order chi connectivity index (χ1) is 11.2. The van der Waals surface area contributed by atoms with E-state index in [0.29, 0.717) is 0 Å². The smallest absolute Gasteiger partial charge is 0.386 e. The van der Waals surface area contributed by atoms with E-state index >= 15 is 0 Å². The largest absolute Gasteiger partial charge is 0.470 e. The zero-order valence-corrected chi connectivity index (χ0v) is 13.7. The van der Waals surface area contributed by atoms with Crippen molar-refractivity contribution in [2.75, 3.05) is 11.5 Å². The summed E-state index contributed by atoms with van der Waals surface area (Å²) in [6, 6.07) is 0. The summed E-state index contributed by atoms with van der Waals surface area (Å²) in [7, 11) is -4.86. The lowest BCUT2D eigenvalue weighted by Crippen LogP contribution is -2.34. The SMILES string of the molecule is Nc1nc2c(ncn2[C@@H]2O[C@H](CS)[C@@H](OP(=O)(O)O)[C@H]2O)c(=O)[nH]1. The monoisotopic (exact) mass is 379 g/mol. The third kappa shape index (κ3) is 3.07. The number of anilines is 1. The molecule has 0 unspecified atom stereocenters. The lowest BCUT2D eigenvalue weighted by molar-refractivity contribution is -0.0288. The van der Waals surface area contributed by atoms with Gasteiger partial charge in [0.1, 0.15) is 12.2 Å². The van der Waals surface area contributed by atoms with Crippen molar-refractivity contribution in [3.63, 3.8) is 0 Å². The van der Waals surface area contributed by atoms with E-state index in [0.717, 1.165) is 0 Å². The number of hydrogen-bond acceptors (Lipinski definition) is 9. The molecule has 132 valence electrons. The molecule has 1 aliphatic heterocycles. The number of rotatable bonds is 4. The predicted octanol–water partition coefficient (Wildman–Crippen LogP) is -1.63. The second-order valence-corrected chi connectivity index (χ2v) is 6.63. The molecule has 12 nitrogen and oxygen atoms in total. The topological polar surface area (TPSA) is 186 Å². The van der Waals surface area contributed by atoms with Crippen molar-refractivity contribution in [1.82, 2.24) is 19.5 Å². The number of nitrogens with zero attached hydrogens (tertiary/aromatic N) is 3. The van der Waals surface area contributed by atoms with Gasteiger partial charge in [0.05, 0.1) is 12.4 Å². The number of phosphoric ester groups is 1. The standard InChI is InChI=1S/C10H14N5O7PS/c11-10-13-7-4(8(17)14-10)12-2-15(7)9-5(16)6(3(1-24)21-9)22-23(18,19)20/h2-3,5-6,9,16,24H,1H2,(H2,18,19,20)(H3,11,13,14,17)/t3-,5-,6-,9-/m1/s1. The van der Waals surface area contributed by atoms with Crippen LogP contribution in [0, 0.1) is 0 Å². The van der Waals surface area contributed by atoms with Crippen LogP contribution in [0.1, 0.15) is 6.23 Å². The Morgan fingerprint density at radius 1 is 1.54 bits per heavy atom. The Labute approximate surface area is 139 Å². The fraction of sp³-hybridized carbons (Fsp3) is 0.500. The van der Waals surface area contributed by atoms with Crippen LogP contribution in [-0.2, 0) is 13.8 Å². The van der Waals surface area contributed by atoms with E-state index in [2.05, 4.69) is 32.1 Å². The molecule has 14 heteroatoms. The summed E-state index contributed by atoms with van der Waals surface area (Å²) in [5.41, 5.74) is 4.95. The number of phosphoric acid groups is 1. The third-order valence-corrected chi connectivity index (χ3v) is 4.35. The zero-order chi connectivity index (χ0) is 17.6. The second kappa shape index (κ2) is 6.11. The molecule has 1 fully saturated rings. The number of nitrogens with two attached hydrogens (primary N) is 1. The van der Waals surface area contributed by atoms with Gasteiger partial charge in [0.2, 0.25) is 5.95 Å². The molecule has 1 aliphatic rings. The summed E-state index contributed by atoms with van der Waals surface area (Å²) in [5.74, 6) is -0.128. The number of nitrogens with one attached hydrogen (secondary N) is 1. The first kappa shape index (κ1) is 17.4. The predicted molar refractivity (Wildman–Crippen MR) is 83.2 cm³/mol. The number of ether oxygens (including phenoxy) is 1. The van der Waals surface area contributed by atoms with Gasteiger partial charge < -0.3 is 25.4 Å². The summed E-state index contributed by atoms with van der Waals surface area (Å²) in [5, 5.41) is 10.4. The summed E-state index contributed by atoms with van der Waals surface area (Å²) >= 11 is 4.02. The lowest BCUT2D eigenvalue weighted by Gasteiger charge is -2.20. The highest BCUT2D eigenvalue weighted by Gasteiger charge is 2.48. The molecule has 0 amide bonds. The lowest BCUT2D eigenvalue weighted by atomic mass is 10.1. The molecule has 0 spiro atoms. The number of aliphatic hydroxyl groups excluding tert-OH is 1. The number of hydrogen-bond donors (Lipinski definition) is 6. The van der Waals surface area contributed by atoms with Crippen molar-refractivity contribution in [2.24, 2.45) is 0 Å². The Morgan fingerprint density at radius 3 is 2.88 bits per heavy atom. The molecule has 2 aromatic heterocycles. The van der Waals surface area contributed by atoms with Gasteiger partial charge in [-0.2, -0.15) is 17.6 Å². The van der Waals surface area contributed by atoms with Crippen LogP contribution in [0.25, 0.3) is 11.2 Å². The minimum absolute atomic E-state index is 0.0261. The number of aromatic nitrogens is 4. The summed E-state index contributed by atoms with van der Waals surface area (Å²) < 4.78 is 22.5. The molecule has 0 bridgehead atoms. The molecule has 24 heavy (non-hydrogen) atoms. The minimum Gasteiger partial charge on any atom is -0.386 e. The summed E-state index contributed by atoms with van der Waals surface area (Å²) in [6.45, 7) is 0. The highest BCUT2D eigenvalue weighted by Crippen LogP contribution is 2.44. The second-order valence-electron chi connectivity index (χ2n) is 5.07. The van der Waals surface area contributed by atoms with Gasteiger partial charge >= 0.3 is 7.82 Å². The molecule has 0 radical (unpaired) electrons. The first-order valence-corrected chi connectivity index (χ1v) is 8.78. The van der Waals surface area contributed by atoms with Gasteiger partial charge in [0.25, 0.3) is 5.56 Å². The normalized spacial score (nSPS) is 27.8. The molecule has 1 saturated heterocycles. The van der Waals surface area contributed by atoms with Crippen LogP contribution in [0.2, 0.25) is 0 Å². The average Bonchev–Trinajstić information content (AvgIpc) is 3.00. The van der Waals surface area contributed by atoms with E-state index in [4.69, 9.17) is 20.3 Å². The Morgan fingerprint density at radius 2 is 2.25 bits per heavy atom. The van der Waals surface area contributed by atoms with Gasteiger partial charge in [-0.05, 0) is 0 Å². The van der Waals surface area contributed by atoms with Gasteiger partial charge in [0.15, 0.2) is 17.4 Å². The van der Waals surface area contributed by atoms with Crippen molar-refractivity contribution >= 4 is 37.6 Å². The maximum atomic E-state index is 11.8. The van der Waals surface area contributed by atoms with E-state index in [1.807, 2.05) is 0 Å². The van der Waals surface area contributed by atoms with Crippen molar-refractivity contribution in [3.05, 3.63) is 16.7 Å². The van der Waals surface area contributed by atoms with Gasteiger partial charge in [-0.1, -0.05) is 0 Å². The maximum absolute atomic E-state index is 11.8. The Bertz CT molecular complexity index is 865. The molecule has 3 heterocycles.